The van der Waals surface area contributed by atoms with Crippen LogP contribution in [0, 0.1) is 0 Å². The molecule has 0 radical (unpaired) electrons. The predicted molar refractivity (Wildman–Crippen MR) is 154 cm³/mol. The number of aliphatic imine (C=N–C) groups is 1. The van der Waals surface area contributed by atoms with Crippen molar-refractivity contribution in [3.8, 4) is 0 Å². The third-order valence-electron chi connectivity index (χ3n) is 6.62. The van der Waals surface area contributed by atoms with Gasteiger partial charge in [-0.05, 0) is 17.5 Å². The van der Waals surface area contributed by atoms with Crippen LogP contribution >= 0.6 is 0 Å². The van der Waals surface area contributed by atoms with Gasteiger partial charge in [-0.25, -0.2) is 4.99 Å². The number of aliphatic carboxylic acids is 1. The largest absolute Gasteiger partial charge is 0.481 e. The van der Waals surface area contributed by atoms with Crippen LogP contribution in [0.2, 0.25) is 0 Å². The number of benzodiazepines with no additional fused rings is 1. The monoisotopic (exact) mass is 563 g/mol. The van der Waals surface area contributed by atoms with Gasteiger partial charge in [0.1, 0.15) is 18.5 Å². The molecule has 1 aliphatic heterocycles. The zero-order valence-electron chi connectivity index (χ0n) is 22.1. The Bertz CT molecular complexity index is 1720. The van der Waals surface area contributed by atoms with Crippen molar-refractivity contribution in [3.63, 3.8) is 0 Å². The van der Waals surface area contributed by atoms with Gasteiger partial charge in [0, 0.05) is 22.7 Å². The van der Waals surface area contributed by atoms with Crippen molar-refractivity contribution in [3.05, 3.63) is 108 Å². The number of carboxylic acids is 1. The normalized spacial score (nSPS) is 15.1. The van der Waals surface area contributed by atoms with Gasteiger partial charge >= 0.3 is 5.97 Å². The van der Waals surface area contributed by atoms with Crippen LogP contribution in [0.5, 0.6) is 0 Å². The molecule has 0 saturated heterocycles. The molecular weight excluding hydrogens is 538 g/mol. The molecule has 3 amide bonds. The number of aldehydes is 1. The fraction of sp³-hybridized carbons (Fsp3) is 0.129. The number of amides is 3. The third kappa shape index (κ3) is 5.89. The van der Waals surface area contributed by atoms with Gasteiger partial charge in [-0.2, -0.15) is 0 Å². The Morgan fingerprint density at radius 3 is 2.43 bits per heavy atom. The average molecular weight is 564 g/mol. The maximum atomic E-state index is 14.0. The van der Waals surface area contributed by atoms with Gasteiger partial charge in [-0.1, -0.05) is 72.8 Å². The number of nitrogens with one attached hydrogen (secondary N) is 2. The van der Waals surface area contributed by atoms with E-state index in [0.29, 0.717) is 34.2 Å². The van der Waals surface area contributed by atoms with E-state index in [-0.39, 0.29) is 5.69 Å². The first-order chi connectivity index (χ1) is 20.4. The highest BCUT2D eigenvalue weighted by atomic mass is 16.4. The number of para-hydroxylation sites is 1. The van der Waals surface area contributed by atoms with E-state index < -0.39 is 48.9 Å². The zero-order chi connectivity index (χ0) is 29.6. The molecule has 210 valence electrons. The van der Waals surface area contributed by atoms with Crippen LogP contribution < -0.4 is 15.5 Å². The molecule has 2 unspecified atom stereocenters. The minimum absolute atomic E-state index is 0.103. The summed E-state index contributed by atoms with van der Waals surface area (Å²) in [6.07, 6.45) is -0.244. The summed E-state index contributed by atoms with van der Waals surface area (Å²) in [4.78, 5) is 73.1. The lowest BCUT2D eigenvalue weighted by molar-refractivity contribution is -0.138. The maximum Gasteiger partial charge on any atom is 0.305 e. The maximum absolute atomic E-state index is 14.0. The Kier molecular flexibility index (Phi) is 8.10. The summed E-state index contributed by atoms with van der Waals surface area (Å²) >= 11 is 0. The molecule has 0 aliphatic carbocycles. The Morgan fingerprint density at radius 2 is 1.67 bits per heavy atom. The van der Waals surface area contributed by atoms with Crippen LogP contribution in [0.3, 0.4) is 0 Å². The summed E-state index contributed by atoms with van der Waals surface area (Å²) in [5.41, 5.74) is 2.07. The minimum Gasteiger partial charge on any atom is -0.481 e. The van der Waals surface area contributed by atoms with Gasteiger partial charge in [0.05, 0.1) is 23.9 Å². The number of rotatable bonds is 9. The van der Waals surface area contributed by atoms with E-state index in [1.54, 1.807) is 42.5 Å². The van der Waals surface area contributed by atoms with Crippen molar-refractivity contribution in [2.75, 3.05) is 11.4 Å². The molecule has 3 aromatic carbocycles. The van der Waals surface area contributed by atoms with Crippen LogP contribution in [-0.4, -0.2) is 64.5 Å². The molecule has 11 nitrogen and oxygen atoms in total. The van der Waals surface area contributed by atoms with Crippen molar-refractivity contribution in [1.82, 2.24) is 15.6 Å². The summed E-state index contributed by atoms with van der Waals surface area (Å²) in [5.74, 6) is -3.38. The number of nitrogens with zero attached hydrogens (tertiary/aromatic N) is 3. The molecule has 2 atom stereocenters. The number of pyridine rings is 1. The first-order valence-corrected chi connectivity index (χ1v) is 13.0. The number of fused-ring (bicyclic) bond motifs is 2. The highest BCUT2D eigenvalue weighted by molar-refractivity contribution is 6.21. The first kappa shape index (κ1) is 27.8. The van der Waals surface area contributed by atoms with E-state index in [4.69, 9.17) is 5.11 Å². The molecule has 2 heterocycles. The summed E-state index contributed by atoms with van der Waals surface area (Å²) in [7, 11) is 0. The smallest absolute Gasteiger partial charge is 0.305 e. The zero-order valence-corrected chi connectivity index (χ0v) is 22.1. The van der Waals surface area contributed by atoms with Gasteiger partial charge < -0.3 is 20.5 Å². The van der Waals surface area contributed by atoms with E-state index in [9.17, 15) is 24.0 Å². The Morgan fingerprint density at radius 1 is 0.952 bits per heavy atom. The topological polar surface area (TPSA) is 158 Å². The fourth-order valence-corrected chi connectivity index (χ4v) is 4.72. The van der Waals surface area contributed by atoms with E-state index >= 15 is 0 Å². The van der Waals surface area contributed by atoms with Crippen molar-refractivity contribution in [2.45, 2.75) is 18.6 Å². The van der Waals surface area contributed by atoms with E-state index in [0.717, 1.165) is 10.3 Å². The Balaban J connectivity index is 1.55. The second-order valence-corrected chi connectivity index (χ2v) is 9.45. The second-order valence-electron chi connectivity index (χ2n) is 9.45. The van der Waals surface area contributed by atoms with Crippen LogP contribution in [-0.2, 0) is 19.2 Å². The third-order valence-corrected chi connectivity index (χ3v) is 6.62. The highest BCUT2D eigenvalue weighted by Gasteiger charge is 2.35. The number of hydrogen-bond acceptors (Lipinski definition) is 7. The van der Waals surface area contributed by atoms with Crippen molar-refractivity contribution in [2.24, 2.45) is 4.99 Å². The second kappa shape index (κ2) is 12.2. The van der Waals surface area contributed by atoms with Gasteiger partial charge in [-0.3, -0.25) is 29.1 Å². The number of benzene rings is 3. The molecule has 4 aromatic rings. The lowest BCUT2D eigenvalue weighted by Crippen LogP contribution is -2.51. The Labute approximate surface area is 239 Å². The molecule has 3 N–H and O–H groups in total. The Hall–Kier alpha value is -5.71. The van der Waals surface area contributed by atoms with E-state index in [1.807, 2.05) is 42.5 Å². The van der Waals surface area contributed by atoms with Gasteiger partial charge in [0.15, 0.2) is 0 Å². The molecule has 11 heteroatoms. The van der Waals surface area contributed by atoms with Crippen LogP contribution in [0.15, 0.2) is 96.1 Å². The highest BCUT2D eigenvalue weighted by Crippen LogP contribution is 2.28. The van der Waals surface area contributed by atoms with Crippen LogP contribution in [0.4, 0.5) is 5.69 Å². The van der Waals surface area contributed by atoms with Gasteiger partial charge in [-0.15, -0.1) is 0 Å². The summed E-state index contributed by atoms with van der Waals surface area (Å²) < 4.78 is 0. The minimum atomic E-state index is -1.45. The summed E-state index contributed by atoms with van der Waals surface area (Å²) in [5, 5.41) is 15.4. The van der Waals surface area contributed by atoms with Gasteiger partial charge in [0.2, 0.25) is 12.1 Å². The number of anilines is 1. The summed E-state index contributed by atoms with van der Waals surface area (Å²) in [6.45, 7) is -0.559. The number of hydrogen-bond donors (Lipinski definition) is 3. The first-order valence-electron chi connectivity index (χ1n) is 13.0. The average Bonchev–Trinajstić information content (AvgIpc) is 3.11. The van der Waals surface area contributed by atoms with E-state index in [2.05, 4.69) is 20.6 Å². The number of carbonyl (C=O) groups excluding carboxylic acids is 4. The molecule has 1 aliphatic rings. The molecule has 0 spiro atoms. The standard InChI is InChI=1S/C31H25N5O6/c37-18-21(16-26(39)40)33-25(38)17-36-24-13-7-6-12-23(24)27(20-9-2-1-3-10-20)34-29(31(36)42)35-30(41)28-22-11-5-4-8-19(22)14-15-32-28/h1-15,18,21,29H,16-17H2,(H,33,38)(H,35,41)(H,39,40). The molecule has 5 rings (SSSR count). The number of carbonyl (C=O) groups is 5. The van der Waals surface area contributed by atoms with Crippen molar-refractivity contribution in [1.29, 1.82) is 0 Å². The molecule has 0 saturated carbocycles. The fourth-order valence-electron chi connectivity index (χ4n) is 4.72. The molecule has 0 fully saturated rings. The molecule has 1 aromatic heterocycles. The van der Waals surface area contributed by atoms with Gasteiger partial charge in [0.25, 0.3) is 11.8 Å². The lowest BCUT2D eigenvalue weighted by Gasteiger charge is -2.25. The van der Waals surface area contributed by atoms with Crippen LogP contribution in [0.25, 0.3) is 10.8 Å². The lowest BCUT2D eigenvalue weighted by atomic mass is 10.0. The molecule has 42 heavy (non-hydrogen) atoms. The molecule has 0 bridgehead atoms. The van der Waals surface area contributed by atoms with Crippen molar-refractivity contribution >= 4 is 52.1 Å². The number of aromatic nitrogens is 1. The van der Waals surface area contributed by atoms with Crippen LogP contribution in [0.1, 0.15) is 28.0 Å². The SMILES string of the molecule is O=CC(CC(=O)O)NC(=O)CN1C(=O)C(NC(=O)c2nccc3ccccc23)N=C(c2ccccc2)c2ccccc21. The summed E-state index contributed by atoms with van der Waals surface area (Å²) in [6, 6.07) is 23.6. The predicted octanol–water partition coefficient (Wildman–Crippen LogP) is 2.33. The van der Waals surface area contributed by atoms with Crippen molar-refractivity contribution < 1.29 is 29.1 Å². The quantitative estimate of drug-likeness (QED) is 0.264. The number of carboxylic acid groups (broad SMARTS) is 1. The van der Waals surface area contributed by atoms with E-state index in [1.165, 1.54) is 6.20 Å². The molecular formula is C31H25N5O6.